The molecule has 0 aromatic carbocycles. The van der Waals surface area contributed by atoms with Gasteiger partial charge in [0.15, 0.2) is 0 Å². The average molecular weight is 221 g/mol. The van der Waals surface area contributed by atoms with E-state index in [0.29, 0.717) is 12.3 Å². The molecule has 0 saturated carbocycles. The Bertz CT molecular complexity index is 350. The van der Waals surface area contributed by atoms with Crippen molar-refractivity contribution in [1.82, 2.24) is 19.7 Å². The van der Waals surface area contributed by atoms with E-state index in [1.54, 1.807) is 6.33 Å². The highest BCUT2D eigenvalue weighted by molar-refractivity contribution is 4.85. The van der Waals surface area contributed by atoms with Crippen molar-refractivity contribution in [3.05, 3.63) is 12.2 Å². The second kappa shape index (κ2) is 6.23. The Balaban J connectivity index is 2.53. The highest BCUT2D eigenvalue weighted by Crippen LogP contribution is 2.03. The van der Waals surface area contributed by atoms with E-state index in [1.807, 2.05) is 11.7 Å². The summed E-state index contributed by atoms with van der Waals surface area (Å²) in [4.78, 5) is 6.33. The molecule has 1 rings (SSSR count). The van der Waals surface area contributed by atoms with Gasteiger partial charge in [0.25, 0.3) is 0 Å². The fourth-order valence-corrected chi connectivity index (χ4v) is 1.47. The van der Waals surface area contributed by atoms with Gasteiger partial charge >= 0.3 is 0 Å². The molecule has 1 heterocycles. The third kappa shape index (κ3) is 3.99. The van der Waals surface area contributed by atoms with Crippen LogP contribution in [0, 0.1) is 17.2 Å². The van der Waals surface area contributed by atoms with Crippen LogP contribution in [0.25, 0.3) is 0 Å². The lowest BCUT2D eigenvalue weighted by Gasteiger charge is -2.15. The van der Waals surface area contributed by atoms with Crippen molar-refractivity contribution in [2.75, 3.05) is 13.6 Å². The number of aromatic nitrogens is 3. The van der Waals surface area contributed by atoms with Crippen molar-refractivity contribution >= 4 is 0 Å². The fourth-order valence-electron chi connectivity index (χ4n) is 1.47. The minimum Gasteiger partial charge on any atom is -0.298 e. The largest absolute Gasteiger partial charge is 0.298 e. The highest BCUT2D eigenvalue weighted by Gasteiger charge is 2.08. The molecule has 0 amide bonds. The van der Waals surface area contributed by atoms with E-state index >= 15 is 0 Å². The van der Waals surface area contributed by atoms with Crippen LogP contribution in [0.5, 0.6) is 0 Å². The van der Waals surface area contributed by atoms with Gasteiger partial charge in [0.2, 0.25) is 0 Å². The molecule has 0 aliphatic heterocycles. The monoisotopic (exact) mass is 221 g/mol. The quantitative estimate of drug-likeness (QED) is 0.726. The maximum absolute atomic E-state index is 8.50. The van der Waals surface area contributed by atoms with Gasteiger partial charge in [-0.1, -0.05) is 13.8 Å². The fraction of sp³-hybridized carbons (Fsp3) is 0.727. The van der Waals surface area contributed by atoms with Crippen LogP contribution in [0.15, 0.2) is 6.33 Å². The zero-order chi connectivity index (χ0) is 12.0. The van der Waals surface area contributed by atoms with Crippen molar-refractivity contribution < 1.29 is 0 Å². The van der Waals surface area contributed by atoms with Crippen LogP contribution in [-0.4, -0.2) is 33.3 Å². The Morgan fingerprint density at radius 3 is 2.94 bits per heavy atom. The molecular weight excluding hydrogens is 202 g/mol. The van der Waals surface area contributed by atoms with Gasteiger partial charge in [-0.15, -0.1) is 0 Å². The first-order valence-corrected chi connectivity index (χ1v) is 5.55. The van der Waals surface area contributed by atoms with Crippen molar-refractivity contribution in [3.63, 3.8) is 0 Å². The Hall–Kier alpha value is -1.41. The van der Waals surface area contributed by atoms with Crippen LogP contribution in [0.1, 0.15) is 26.1 Å². The Morgan fingerprint density at radius 1 is 1.56 bits per heavy atom. The van der Waals surface area contributed by atoms with Gasteiger partial charge in [0, 0.05) is 19.5 Å². The van der Waals surface area contributed by atoms with E-state index in [-0.39, 0.29) is 0 Å². The van der Waals surface area contributed by atoms with Crippen LogP contribution in [0.2, 0.25) is 0 Å². The van der Waals surface area contributed by atoms with Crippen LogP contribution in [0.4, 0.5) is 0 Å². The minimum atomic E-state index is 0.550. The highest BCUT2D eigenvalue weighted by atomic mass is 15.3. The molecule has 0 N–H and O–H groups in total. The third-order valence-corrected chi connectivity index (χ3v) is 2.25. The summed E-state index contributed by atoms with van der Waals surface area (Å²) in [5, 5.41) is 12.7. The molecule has 0 bridgehead atoms. The predicted octanol–water partition coefficient (Wildman–Crippen LogP) is 1.28. The molecule has 0 fully saturated rings. The van der Waals surface area contributed by atoms with E-state index in [9.17, 15) is 0 Å². The molecule has 0 aliphatic rings. The molecule has 0 saturated heterocycles. The lowest BCUT2D eigenvalue weighted by atomic mass is 10.2. The van der Waals surface area contributed by atoms with Gasteiger partial charge < -0.3 is 0 Å². The summed E-state index contributed by atoms with van der Waals surface area (Å²) in [7, 11) is 1.99. The van der Waals surface area contributed by atoms with E-state index in [4.69, 9.17) is 5.26 Å². The van der Waals surface area contributed by atoms with Crippen LogP contribution < -0.4 is 0 Å². The van der Waals surface area contributed by atoms with Crippen LogP contribution in [0.3, 0.4) is 0 Å². The summed E-state index contributed by atoms with van der Waals surface area (Å²) in [6.07, 6.45) is 2.14. The van der Waals surface area contributed by atoms with Gasteiger partial charge in [-0.25, -0.2) is 9.67 Å². The summed E-state index contributed by atoms with van der Waals surface area (Å²) >= 11 is 0. The van der Waals surface area contributed by atoms with Gasteiger partial charge in [0.1, 0.15) is 12.2 Å². The standard InChI is InChI=1S/C11H19N5/c1-10(2)7-16-11(13-9-14-16)8-15(3)6-4-5-12/h9-10H,4,6-8H2,1-3H3. The summed E-state index contributed by atoms with van der Waals surface area (Å²) in [6.45, 7) is 6.72. The second-order valence-electron chi connectivity index (χ2n) is 4.40. The molecule has 1 aromatic rings. The Kier molecular flexibility index (Phi) is 4.93. The molecule has 16 heavy (non-hydrogen) atoms. The van der Waals surface area contributed by atoms with Gasteiger partial charge in [-0.2, -0.15) is 10.4 Å². The molecule has 5 heteroatoms. The molecule has 88 valence electrons. The maximum Gasteiger partial charge on any atom is 0.141 e. The number of nitriles is 1. The molecule has 0 spiro atoms. The zero-order valence-electron chi connectivity index (χ0n) is 10.2. The Labute approximate surface area is 96.7 Å². The molecule has 0 radical (unpaired) electrons. The molecular formula is C11H19N5. The molecule has 0 unspecified atom stereocenters. The number of hydrogen-bond donors (Lipinski definition) is 0. The topological polar surface area (TPSA) is 57.7 Å². The number of rotatable bonds is 6. The molecule has 0 atom stereocenters. The van der Waals surface area contributed by atoms with Crippen molar-refractivity contribution in [3.8, 4) is 6.07 Å². The summed E-state index contributed by atoms with van der Waals surface area (Å²) < 4.78 is 1.94. The van der Waals surface area contributed by atoms with Crippen molar-refractivity contribution in [2.24, 2.45) is 5.92 Å². The van der Waals surface area contributed by atoms with Crippen LogP contribution >= 0.6 is 0 Å². The molecule has 0 aliphatic carbocycles. The van der Waals surface area contributed by atoms with E-state index in [2.05, 4.69) is 34.9 Å². The minimum absolute atomic E-state index is 0.550. The summed E-state index contributed by atoms with van der Waals surface area (Å²) in [5.41, 5.74) is 0. The van der Waals surface area contributed by atoms with E-state index in [0.717, 1.165) is 25.5 Å². The van der Waals surface area contributed by atoms with Crippen LogP contribution in [-0.2, 0) is 13.1 Å². The lowest BCUT2D eigenvalue weighted by Crippen LogP contribution is -2.22. The first kappa shape index (κ1) is 12.7. The van der Waals surface area contributed by atoms with Crippen molar-refractivity contribution in [2.45, 2.75) is 33.4 Å². The van der Waals surface area contributed by atoms with Gasteiger partial charge in [-0.3, -0.25) is 4.90 Å². The SMILES string of the molecule is CC(C)Cn1ncnc1CN(C)CCC#N. The maximum atomic E-state index is 8.50. The summed E-state index contributed by atoms with van der Waals surface area (Å²) in [6, 6.07) is 2.14. The summed E-state index contributed by atoms with van der Waals surface area (Å²) in [5.74, 6) is 1.53. The zero-order valence-corrected chi connectivity index (χ0v) is 10.2. The first-order valence-electron chi connectivity index (χ1n) is 5.55. The second-order valence-corrected chi connectivity index (χ2v) is 4.40. The normalized spacial score (nSPS) is 11.0. The molecule has 5 nitrogen and oxygen atoms in total. The van der Waals surface area contributed by atoms with Crippen molar-refractivity contribution in [1.29, 1.82) is 5.26 Å². The van der Waals surface area contributed by atoms with E-state index in [1.165, 1.54) is 0 Å². The number of nitrogens with zero attached hydrogens (tertiary/aromatic N) is 5. The van der Waals surface area contributed by atoms with Gasteiger partial charge in [-0.05, 0) is 13.0 Å². The average Bonchev–Trinajstić information content (AvgIpc) is 2.62. The Morgan fingerprint density at radius 2 is 2.31 bits per heavy atom. The third-order valence-electron chi connectivity index (χ3n) is 2.25. The number of hydrogen-bond acceptors (Lipinski definition) is 4. The van der Waals surface area contributed by atoms with Gasteiger partial charge in [0.05, 0.1) is 12.6 Å². The predicted molar refractivity (Wildman–Crippen MR) is 61.4 cm³/mol. The first-order chi connectivity index (χ1) is 7.63. The molecule has 1 aromatic heterocycles. The van der Waals surface area contributed by atoms with E-state index < -0.39 is 0 Å². The smallest absolute Gasteiger partial charge is 0.141 e. The lowest BCUT2D eigenvalue weighted by molar-refractivity contribution is 0.312.